The molecule has 0 unspecified atom stereocenters. The number of carbonyl (C=O) groups is 1. The van der Waals surface area contributed by atoms with Gasteiger partial charge >= 0.3 is 5.97 Å². The summed E-state index contributed by atoms with van der Waals surface area (Å²) in [4.78, 5) is 12.2. The predicted octanol–water partition coefficient (Wildman–Crippen LogP) is 2.79. The molecule has 2 aromatic rings. The number of nitrogen functional groups attached to an aromatic ring is 1. The van der Waals surface area contributed by atoms with Gasteiger partial charge in [-0.1, -0.05) is 6.07 Å². The minimum atomic E-state index is -0.517. The van der Waals surface area contributed by atoms with Crippen LogP contribution in [-0.2, 0) is 4.74 Å². The van der Waals surface area contributed by atoms with Crippen LogP contribution in [0.15, 0.2) is 24.4 Å². The van der Waals surface area contributed by atoms with Crippen molar-refractivity contribution in [3.8, 4) is 0 Å². The SMILES string of the molecule is Cc1c(N)c2ccccn2c1C(=O)OC(C)(C)C. The van der Waals surface area contributed by atoms with Crippen LogP contribution in [0.1, 0.15) is 36.8 Å². The average molecular weight is 246 g/mol. The third-order valence-corrected chi connectivity index (χ3v) is 2.73. The van der Waals surface area contributed by atoms with Gasteiger partial charge in [0.1, 0.15) is 11.3 Å². The molecule has 0 bridgehead atoms. The van der Waals surface area contributed by atoms with E-state index in [1.165, 1.54) is 0 Å². The topological polar surface area (TPSA) is 56.7 Å². The quantitative estimate of drug-likeness (QED) is 0.787. The van der Waals surface area contributed by atoms with Gasteiger partial charge < -0.3 is 14.9 Å². The van der Waals surface area contributed by atoms with Gasteiger partial charge in [0.05, 0.1) is 11.2 Å². The summed E-state index contributed by atoms with van der Waals surface area (Å²) in [6.45, 7) is 7.37. The lowest BCUT2D eigenvalue weighted by molar-refractivity contribution is 0.00611. The number of fused-ring (bicyclic) bond motifs is 1. The predicted molar refractivity (Wildman–Crippen MR) is 71.7 cm³/mol. The van der Waals surface area contributed by atoms with Gasteiger partial charge in [0.15, 0.2) is 0 Å². The number of carbonyl (C=O) groups excluding carboxylic acids is 1. The van der Waals surface area contributed by atoms with E-state index in [4.69, 9.17) is 10.5 Å². The lowest BCUT2D eigenvalue weighted by Gasteiger charge is -2.19. The molecule has 0 aliphatic rings. The summed E-state index contributed by atoms with van der Waals surface area (Å²) in [6.07, 6.45) is 1.82. The molecule has 0 aromatic carbocycles. The molecule has 4 nitrogen and oxygen atoms in total. The minimum Gasteiger partial charge on any atom is -0.455 e. The molecule has 0 aliphatic carbocycles. The summed E-state index contributed by atoms with van der Waals surface area (Å²) in [5, 5.41) is 0. The molecule has 96 valence electrons. The molecule has 0 fully saturated rings. The first-order valence-electron chi connectivity index (χ1n) is 5.90. The van der Waals surface area contributed by atoms with E-state index in [1.54, 1.807) is 4.40 Å². The van der Waals surface area contributed by atoms with E-state index in [9.17, 15) is 4.79 Å². The fourth-order valence-electron chi connectivity index (χ4n) is 1.94. The number of hydrogen-bond acceptors (Lipinski definition) is 3. The summed E-state index contributed by atoms with van der Waals surface area (Å²) >= 11 is 0. The van der Waals surface area contributed by atoms with E-state index in [0.717, 1.165) is 11.1 Å². The van der Waals surface area contributed by atoms with Gasteiger partial charge in [0.25, 0.3) is 0 Å². The standard InChI is InChI=1S/C14H18N2O2/c1-9-11(15)10-7-5-6-8-16(10)12(9)13(17)18-14(2,3)4/h5-8H,15H2,1-4H3. The number of pyridine rings is 1. The van der Waals surface area contributed by atoms with Crippen LogP contribution >= 0.6 is 0 Å². The largest absolute Gasteiger partial charge is 0.455 e. The Morgan fingerprint density at radius 1 is 1.33 bits per heavy atom. The van der Waals surface area contributed by atoms with E-state index in [1.807, 2.05) is 52.1 Å². The number of hydrogen-bond donors (Lipinski definition) is 1. The molecule has 0 radical (unpaired) electrons. The summed E-state index contributed by atoms with van der Waals surface area (Å²) in [7, 11) is 0. The fraction of sp³-hybridized carbons (Fsp3) is 0.357. The third kappa shape index (κ3) is 2.06. The Balaban J connectivity index is 2.58. The second-order valence-electron chi connectivity index (χ2n) is 5.35. The molecule has 4 heteroatoms. The molecule has 0 amide bonds. The second-order valence-corrected chi connectivity index (χ2v) is 5.35. The number of rotatable bonds is 1. The van der Waals surface area contributed by atoms with Gasteiger partial charge in [-0.25, -0.2) is 4.79 Å². The number of nitrogens with zero attached hydrogens (tertiary/aromatic N) is 1. The molecule has 2 rings (SSSR count). The first kappa shape index (κ1) is 12.5. The van der Waals surface area contributed by atoms with Crippen LogP contribution in [0.3, 0.4) is 0 Å². The Labute approximate surface area is 106 Å². The van der Waals surface area contributed by atoms with Crippen molar-refractivity contribution in [2.24, 2.45) is 0 Å². The van der Waals surface area contributed by atoms with Crippen molar-refractivity contribution in [3.05, 3.63) is 35.7 Å². The van der Waals surface area contributed by atoms with Crippen LogP contribution < -0.4 is 5.73 Å². The monoisotopic (exact) mass is 246 g/mol. The highest BCUT2D eigenvalue weighted by Gasteiger charge is 2.24. The van der Waals surface area contributed by atoms with Crippen LogP contribution in [0.25, 0.3) is 5.52 Å². The Morgan fingerprint density at radius 2 is 2.00 bits per heavy atom. The number of esters is 1. The van der Waals surface area contributed by atoms with Crippen molar-refractivity contribution in [1.29, 1.82) is 0 Å². The Bertz CT molecular complexity index is 606. The maximum Gasteiger partial charge on any atom is 0.356 e. The third-order valence-electron chi connectivity index (χ3n) is 2.73. The van der Waals surface area contributed by atoms with E-state index >= 15 is 0 Å². The van der Waals surface area contributed by atoms with Gasteiger partial charge in [0, 0.05) is 11.8 Å². The Morgan fingerprint density at radius 3 is 2.61 bits per heavy atom. The van der Waals surface area contributed by atoms with Crippen LogP contribution in [0, 0.1) is 6.92 Å². The van der Waals surface area contributed by atoms with Gasteiger partial charge in [-0.15, -0.1) is 0 Å². The summed E-state index contributed by atoms with van der Waals surface area (Å²) in [5.41, 5.74) is 8.20. The van der Waals surface area contributed by atoms with Crippen molar-refractivity contribution in [3.63, 3.8) is 0 Å². The minimum absolute atomic E-state index is 0.349. The first-order valence-corrected chi connectivity index (χ1v) is 5.90. The molecule has 0 saturated carbocycles. The number of aromatic nitrogens is 1. The normalized spacial score (nSPS) is 11.8. The summed E-state index contributed by atoms with van der Waals surface area (Å²) < 4.78 is 7.19. The number of ether oxygens (including phenoxy) is 1. The van der Waals surface area contributed by atoms with E-state index in [-0.39, 0.29) is 5.97 Å². The molecule has 2 aromatic heterocycles. The van der Waals surface area contributed by atoms with Crippen LogP contribution in [0.4, 0.5) is 5.69 Å². The number of nitrogens with two attached hydrogens (primary N) is 1. The molecule has 18 heavy (non-hydrogen) atoms. The van der Waals surface area contributed by atoms with Crippen molar-refractivity contribution >= 4 is 17.2 Å². The van der Waals surface area contributed by atoms with Crippen LogP contribution in [0.5, 0.6) is 0 Å². The molecular formula is C14H18N2O2. The zero-order valence-electron chi connectivity index (χ0n) is 11.2. The highest BCUT2D eigenvalue weighted by atomic mass is 16.6. The molecule has 2 N–H and O–H groups in total. The van der Waals surface area contributed by atoms with Crippen LogP contribution in [-0.4, -0.2) is 16.0 Å². The van der Waals surface area contributed by atoms with Gasteiger partial charge in [-0.2, -0.15) is 0 Å². The van der Waals surface area contributed by atoms with Crippen molar-refractivity contribution < 1.29 is 9.53 Å². The molecule has 0 atom stereocenters. The Kier molecular flexibility index (Phi) is 2.81. The number of anilines is 1. The second kappa shape index (κ2) is 4.05. The van der Waals surface area contributed by atoms with Gasteiger partial charge in [-0.05, 0) is 39.8 Å². The molecule has 0 saturated heterocycles. The maximum atomic E-state index is 12.2. The lowest BCUT2D eigenvalue weighted by Crippen LogP contribution is -2.25. The maximum absolute atomic E-state index is 12.2. The highest BCUT2D eigenvalue weighted by molar-refractivity contribution is 5.95. The summed E-state index contributed by atoms with van der Waals surface area (Å²) in [5.74, 6) is -0.349. The van der Waals surface area contributed by atoms with E-state index in [2.05, 4.69) is 0 Å². The average Bonchev–Trinajstić information content (AvgIpc) is 2.50. The molecule has 0 spiro atoms. The Hall–Kier alpha value is -1.97. The fourth-order valence-corrected chi connectivity index (χ4v) is 1.94. The molecular weight excluding hydrogens is 228 g/mol. The van der Waals surface area contributed by atoms with Crippen molar-refractivity contribution in [1.82, 2.24) is 4.40 Å². The highest BCUT2D eigenvalue weighted by Crippen LogP contribution is 2.26. The zero-order chi connectivity index (χ0) is 13.5. The zero-order valence-corrected chi connectivity index (χ0v) is 11.2. The summed E-state index contributed by atoms with van der Waals surface area (Å²) in [6, 6.07) is 5.64. The van der Waals surface area contributed by atoms with Crippen LogP contribution in [0.2, 0.25) is 0 Å². The lowest BCUT2D eigenvalue weighted by atomic mass is 10.2. The van der Waals surface area contributed by atoms with Crippen molar-refractivity contribution in [2.75, 3.05) is 5.73 Å². The van der Waals surface area contributed by atoms with E-state index in [0.29, 0.717) is 11.4 Å². The molecule has 2 heterocycles. The van der Waals surface area contributed by atoms with Gasteiger partial charge in [0.2, 0.25) is 0 Å². The van der Waals surface area contributed by atoms with Crippen molar-refractivity contribution in [2.45, 2.75) is 33.3 Å². The first-order chi connectivity index (χ1) is 8.31. The smallest absolute Gasteiger partial charge is 0.356 e. The van der Waals surface area contributed by atoms with Gasteiger partial charge in [-0.3, -0.25) is 0 Å². The molecule has 0 aliphatic heterocycles. The van der Waals surface area contributed by atoms with E-state index < -0.39 is 5.60 Å².